The Kier molecular flexibility index (Phi) is 3.45. The molecule has 5 heteroatoms. The molecule has 0 fully saturated rings. The third-order valence-electron chi connectivity index (χ3n) is 4.26. The SMILES string of the molecule is CN1CCc2c(c(-c3ccc(Cl)cc3)cc3c2OCO3)CN1. The Morgan fingerprint density at radius 3 is 2.77 bits per heavy atom. The maximum atomic E-state index is 6.02. The van der Waals surface area contributed by atoms with Crippen molar-refractivity contribution in [2.24, 2.45) is 0 Å². The molecular weight excluding hydrogens is 300 g/mol. The van der Waals surface area contributed by atoms with E-state index in [1.54, 1.807) is 0 Å². The molecule has 4 nitrogen and oxygen atoms in total. The molecule has 0 unspecified atom stereocenters. The first-order valence-electron chi connectivity index (χ1n) is 7.37. The fourth-order valence-corrected chi connectivity index (χ4v) is 3.20. The molecule has 22 heavy (non-hydrogen) atoms. The van der Waals surface area contributed by atoms with Crippen LogP contribution in [0.15, 0.2) is 30.3 Å². The number of halogens is 1. The molecule has 4 rings (SSSR count). The van der Waals surface area contributed by atoms with Crippen LogP contribution in [0.5, 0.6) is 11.5 Å². The van der Waals surface area contributed by atoms with Gasteiger partial charge in [-0.1, -0.05) is 23.7 Å². The zero-order chi connectivity index (χ0) is 15.1. The number of fused-ring (bicyclic) bond motifs is 3. The highest BCUT2D eigenvalue weighted by Crippen LogP contribution is 2.43. The largest absolute Gasteiger partial charge is 0.454 e. The van der Waals surface area contributed by atoms with Crippen LogP contribution in [0, 0.1) is 0 Å². The van der Waals surface area contributed by atoms with Gasteiger partial charge in [0.25, 0.3) is 0 Å². The summed E-state index contributed by atoms with van der Waals surface area (Å²) in [7, 11) is 2.06. The Hall–Kier alpha value is -1.75. The first kappa shape index (κ1) is 13.9. The smallest absolute Gasteiger partial charge is 0.231 e. The van der Waals surface area contributed by atoms with Crippen molar-refractivity contribution in [2.45, 2.75) is 13.0 Å². The zero-order valence-corrected chi connectivity index (χ0v) is 13.1. The maximum Gasteiger partial charge on any atom is 0.231 e. The number of hydrogen-bond acceptors (Lipinski definition) is 4. The van der Waals surface area contributed by atoms with E-state index in [1.165, 1.54) is 16.7 Å². The number of nitrogens with one attached hydrogen (secondary N) is 1. The third kappa shape index (κ3) is 2.33. The van der Waals surface area contributed by atoms with Crippen molar-refractivity contribution in [1.29, 1.82) is 0 Å². The Morgan fingerprint density at radius 2 is 1.95 bits per heavy atom. The van der Waals surface area contributed by atoms with E-state index in [0.29, 0.717) is 6.79 Å². The van der Waals surface area contributed by atoms with Crippen molar-refractivity contribution in [3.63, 3.8) is 0 Å². The molecule has 2 heterocycles. The fourth-order valence-electron chi connectivity index (χ4n) is 3.08. The summed E-state index contributed by atoms with van der Waals surface area (Å²) in [6.07, 6.45) is 0.936. The molecule has 0 aromatic heterocycles. The van der Waals surface area contributed by atoms with Gasteiger partial charge in [-0.15, -0.1) is 0 Å². The Balaban J connectivity index is 1.90. The van der Waals surface area contributed by atoms with Crippen LogP contribution < -0.4 is 14.9 Å². The van der Waals surface area contributed by atoms with Crippen LogP contribution in [0.4, 0.5) is 0 Å². The third-order valence-corrected chi connectivity index (χ3v) is 4.51. The number of benzene rings is 2. The van der Waals surface area contributed by atoms with E-state index < -0.39 is 0 Å². The van der Waals surface area contributed by atoms with E-state index in [0.717, 1.165) is 41.6 Å². The minimum Gasteiger partial charge on any atom is -0.454 e. The monoisotopic (exact) mass is 316 g/mol. The maximum absolute atomic E-state index is 6.02. The van der Waals surface area contributed by atoms with Crippen LogP contribution in [-0.4, -0.2) is 25.4 Å². The van der Waals surface area contributed by atoms with Gasteiger partial charge in [-0.3, -0.25) is 5.43 Å². The molecule has 2 aliphatic heterocycles. The molecular formula is C17H17ClN2O2. The lowest BCUT2D eigenvalue weighted by molar-refractivity contribution is 0.173. The summed E-state index contributed by atoms with van der Waals surface area (Å²) in [6, 6.07) is 10.0. The van der Waals surface area contributed by atoms with Crippen molar-refractivity contribution >= 4 is 11.6 Å². The van der Waals surface area contributed by atoms with E-state index in [1.807, 2.05) is 12.1 Å². The van der Waals surface area contributed by atoms with Crippen molar-refractivity contribution in [3.05, 3.63) is 46.5 Å². The number of rotatable bonds is 1. The molecule has 2 aliphatic rings. The van der Waals surface area contributed by atoms with Crippen molar-refractivity contribution in [2.75, 3.05) is 20.4 Å². The van der Waals surface area contributed by atoms with Crippen LogP contribution in [0.1, 0.15) is 11.1 Å². The second-order valence-electron chi connectivity index (χ2n) is 5.63. The summed E-state index contributed by atoms with van der Waals surface area (Å²) >= 11 is 6.02. The molecule has 0 aliphatic carbocycles. The summed E-state index contributed by atoms with van der Waals surface area (Å²) in [5.41, 5.74) is 8.27. The van der Waals surface area contributed by atoms with Crippen LogP contribution in [0.3, 0.4) is 0 Å². The number of hydrogen-bond donors (Lipinski definition) is 1. The van der Waals surface area contributed by atoms with Gasteiger partial charge < -0.3 is 9.47 Å². The number of hydrazine groups is 1. The molecule has 0 saturated heterocycles. The van der Waals surface area contributed by atoms with Gasteiger partial charge in [-0.25, -0.2) is 5.01 Å². The molecule has 0 amide bonds. The molecule has 1 N–H and O–H groups in total. The molecule has 0 saturated carbocycles. The standard InChI is InChI=1S/C17H17ClN2O2/c1-20-7-6-13-15(9-19-20)14(8-16-17(13)22-10-21-16)11-2-4-12(18)5-3-11/h2-5,8,19H,6-7,9-10H2,1H3. The van der Waals surface area contributed by atoms with E-state index in [2.05, 4.69) is 35.7 Å². The lowest BCUT2D eigenvalue weighted by atomic mass is 9.93. The van der Waals surface area contributed by atoms with Crippen LogP contribution >= 0.6 is 11.6 Å². The van der Waals surface area contributed by atoms with Gasteiger partial charge in [0.05, 0.1) is 0 Å². The van der Waals surface area contributed by atoms with Gasteiger partial charge in [-0.2, -0.15) is 0 Å². The predicted molar refractivity (Wildman–Crippen MR) is 86.2 cm³/mol. The number of likely N-dealkylation sites (N-methyl/N-ethyl adjacent to an activating group) is 1. The van der Waals surface area contributed by atoms with E-state index >= 15 is 0 Å². The van der Waals surface area contributed by atoms with Gasteiger partial charge >= 0.3 is 0 Å². The highest BCUT2D eigenvalue weighted by atomic mass is 35.5. The number of nitrogens with zero attached hydrogens (tertiary/aromatic N) is 1. The molecule has 0 spiro atoms. The van der Waals surface area contributed by atoms with Gasteiger partial charge in [0.15, 0.2) is 11.5 Å². The summed E-state index contributed by atoms with van der Waals surface area (Å²) in [4.78, 5) is 0. The van der Waals surface area contributed by atoms with Gasteiger partial charge in [0.1, 0.15) is 0 Å². The molecule has 0 atom stereocenters. The van der Waals surface area contributed by atoms with E-state index in [4.69, 9.17) is 21.1 Å². The van der Waals surface area contributed by atoms with Crippen LogP contribution in [0.25, 0.3) is 11.1 Å². The van der Waals surface area contributed by atoms with Crippen molar-refractivity contribution in [3.8, 4) is 22.6 Å². The zero-order valence-electron chi connectivity index (χ0n) is 12.4. The highest BCUT2D eigenvalue weighted by Gasteiger charge is 2.26. The summed E-state index contributed by atoms with van der Waals surface area (Å²) in [6.45, 7) is 2.02. The number of ether oxygens (including phenoxy) is 2. The molecule has 2 aromatic carbocycles. The molecule has 114 valence electrons. The second kappa shape index (κ2) is 5.47. The Bertz CT molecular complexity index is 716. The van der Waals surface area contributed by atoms with Gasteiger partial charge in [-0.05, 0) is 41.3 Å². The minimum atomic E-state index is 0.301. The lowest BCUT2D eigenvalue weighted by Gasteiger charge is -2.16. The topological polar surface area (TPSA) is 33.7 Å². The van der Waals surface area contributed by atoms with Gasteiger partial charge in [0, 0.05) is 30.7 Å². The quantitative estimate of drug-likeness (QED) is 0.876. The Morgan fingerprint density at radius 1 is 1.14 bits per heavy atom. The first-order valence-corrected chi connectivity index (χ1v) is 7.75. The summed E-state index contributed by atoms with van der Waals surface area (Å²) in [5, 5.41) is 2.86. The minimum absolute atomic E-state index is 0.301. The van der Waals surface area contributed by atoms with Crippen LogP contribution in [0.2, 0.25) is 5.02 Å². The fraction of sp³-hybridized carbons (Fsp3) is 0.294. The van der Waals surface area contributed by atoms with Crippen molar-refractivity contribution in [1.82, 2.24) is 10.4 Å². The molecule has 0 bridgehead atoms. The molecule has 0 radical (unpaired) electrons. The lowest BCUT2D eigenvalue weighted by Crippen LogP contribution is -2.33. The second-order valence-corrected chi connectivity index (χ2v) is 6.06. The average molecular weight is 317 g/mol. The van der Waals surface area contributed by atoms with Crippen molar-refractivity contribution < 1.29 is 9.47 Å². The van der Waals surface area contributed by atoms with Gasteiger partial charge in [0.2, 0.25) is 6.79 Å². The van der Waals surface area contributed by atoms with E-state index in [-0.39, 0.29) is 0 Å². The molecule has 2 aromatic rings. The predicted octanol–water partition coefficient (Wildman–Crippen LogP) is 3.23. The van der Waals surface area contributed by atoms with Crippen LogP contribution in [-0.2, 0) is 13.0 Å². The normalized spacial score (nSPS) is 17.2. The average Bonchev–Trinajstić information content (AvgIpc) is 2.91. The summed E-state index contributed by atoms with van der Waals surface area (Å²) < 4.78 is 11.3. The first-order chi connectivity index (χ1) is 10.7. The summed E-state index contributed by atoms with van der Waals surface area (Å²) in [5.74, 6) is 1.75. The van der Waals surface area contributed by atoms with E-state index in [9.17, 15) is 0 Å². The highest BCUT2D eigenvalue weighted by molar-refractivity contribution is 6.30. The Labute approximate surface area is 134 Å².